The van der Waals surface area contributed by atoms with Crippen LogP contribution in [0.1, 0.15) is 42.5 Å². The molecule has 0 fully saturated rings. The second kappa shape index (κ2) is 15.1. The molecule has 2 atom stereocenters. The lowest BCUT2D eigenvalue weighted by Gasteiger charge is -2.35. The fraction of sp³-hybridized carbons (Fsp3) is 0.375. The van der Waals surface area contributed by atoms with Gasteiger partial charge in [-0.15, -0.1) is 0 Å². The van der Waals surface area contributed by atoms with Crippen molar-refractivity contribution in [2.45, 2.75) is 59.2 Å². The Balaban J connectivity index is 2.16. The fourth-order valence-electron chi connectivity index (χ4n) is 4.52. The van der Waals surface area contributed by atoms with E-state index in [4.69, 9.17) is 23.2 Å². The van der Waals surface area contributed by atoms with E-state index in [9.17, 15) is 18.0 Å². The summed E-state index contributed by atoms with van der Waals surface area (Å²) < 4.78 is 29.5. The van der Waals surface area contributed by atoms with Gasteiger partial charge in [0, 0.05) is 43.1 Å². The van der Waals surface area contributed by atoms with Crippen molar-refractivity contribution in [3.63, 3.8) is 0 Å². The summed E-state index contributed by atoms with van der Waals surface area (Å²) in [5.41, 5.74) is 3.33. The maximum atomic E-state index is 14.4. The number of halogens is 2. The number of rotatable bonds is 13. The Hall–Kier alpha value is -3.11. The summed E-state index contributed by atoms with van der Waals surface area (Å²) >= 11 is 12.7. The van der Waals surface area contributed by atoms with Gasteiger partial charge in [0.15, 0.2) is 0 Å². The molecule has 8 nitrogen and oxygen atoms in total. The summed E-state index contributed by atoms with van der Waals surface area (Å²) in [7, 11) is -1.26. The van der Waals surface area contributed by atoms with E-state index in [2.05, 4.69) is 5.32 Å². The van der Waals surface area contributed by atoms with Gasteiger partial charge in [-0.2, -0.15) is 12.7 Å². The Morgan fingerprint density at radius 1 is 0.953 bits per heavy atom. The van der Waals surface area contributed by atoms with Crippen LogP contribution in [-0.4, -0.2) is 62.2 Å². The van der Waals surface area contributed by atoms with Crippen LogP contribution in [0.5, 0.6) is 0 Å². The maximum absolute atomic E-state index is 14.4. The molecule has 3 rings (SSSR count). The lowest BCUT2D eigenvalue weighted by Crippen LogP contribution is -2.55. The van der Waals surface area contributed by atoms with Gasteiger partial charge < -0.3 is 10.2 Å². The molecule has 0 unspecified atom stereocenters. The SMILES string of the molecule is CC[C@H](C)NC(=O)[C@H](Cc1ccccc1)N(Cc1ccc(Cl)cc1Cl)C(=O)CN(c1cc(C)ccc1C)S(=O)(=O)N(C)C. The van der Waals surface area contributed by atoms with Gasteiger partial charge >= 0.3 is 10.2 Å². The van der Waals surface area contributed by atoms with Crippen molar-refractivity contribution in [2.75, 3.05) is 24.9 Å². The molecule has 232 valence electrons. The minimum absolute atomic E-state index is 0.0388. The normalized spacial score (nSPS) is 13.0. The predicted octanol–water partition coefficient (Wildman–Crippen LogP) is 5.78. The Labute approximate surface area is 265 Å². The quantitative estimate of drug-likeness (QED) is 0.255. The molecule has 0 saturated carbocycles. The van der Waals surface area contributed by atoms with Crippen molar-refractivity contribution < 1.29 is 18.0 Å². The Morgan fingerprint density at radius 2 is 1.63 bits per heavy atom. The molecule has 0 bridgehead atoms. The number of nitrogens with zero attached hydrogens (tertiary/aromatic N) is 3. The van der Waals surface area contributed by atoms with Crippen LogP contribution in [0.2, 0.25) is 10.0 Å². The van der Waals surface area contributed by atoms with Crippen molar-refractivity contribution in [3.05, 3.63) is 99.0 Å². The zero-order chi connectivity index (χ0) is 31.9. The van der Waals surface area contributed by atoms with Crippen molar-refractivity contribution in [1.82, 2.24) is 14.5 Å². The molecular formula is C32H40Cl2N4O4S. The number of hydrogen-bond acceptors (Lipinski definition) is 4. The molecule has 0 aliphatic heterocycles. The van der Waals surface area contributed by atoms with E-state index >= 15 is 0 Å². The number of benzene rings is 3. The lowest BCUT2D eigenvalue weighted by molar-refractivity contribution is -0.140. The highest BCUT2D eigenvalue weighted by Gasteiger charge is 2.35. The van der Waals surface area contributed by atoms with Crippen molar-refractivity contribution in [3.8, 4) is 0 Å². The van der Waals surface area contributed by atoms with Crippen LogP contribution in [0.4, 0.5) is 5.69 Å². The number of nitrogens with one attached hydrogen (secondary N) is 1. The van der Waals surface area contributed by atoms with Gasteiger partial charge in [0.2, 0.25) is 11.8 Å². The highest BCUT2D eigenvalue weighted by atomic mass is 35.5. The third-order valence-corrected chi connectivity index (χ3v) is 9.67. The Bertz CT molecular complexity index is 1530. The van der Waals surface area contributed by atoms with E-state index in [0.29, 0.717) is 33.3 Å². The number of carbonyl (C=O) groups excluding carboxylic acids is 2. The number of hydrogen-bond donors (Lipinski definition) is 1. The molecule has 0 saturated heterocycles. The minimum atomic E-state index is -4.10. The summed E-state index contributed by atoms with van der Waals surface area (Å²) in [6, 6.07) is 18.7. The van der Waals surface area contributed by atoms with Gasteiger partial charge in [-0.05, 0) is 67.6 Å². The molecular weight excluding hydrogens is 607 g/mol. The van der Waals surface area contributed by atoms with Crippen LogP contribution in [0, 0.1) is 13.8 Å². The second-order valence-corrected chi connectivity index (χ2v) is 13.8. The molecule has 0 spiro atoms. The van der Waals surface area contributed by atoms with E-state index in [0.717, 1.165) is 19.7 Å². The van der Waals surface area contributed by atoms with Crippen LogP contribution in [0.25, 0.3) is 0 Å². The molecule has 2 amide bonds. The first kappa shape index (κ1) is 34.4. The molecule has 0 aliphatic rings. The van der Waals surface area contributed by atoms with E-state index in [1.54, 1.807) is 31.2 Å². The molecule has 3 aromatic carbocycles. The molecule has 11 heteroatoms. The second-order valence-electron chi connectivity index (χ2n) is 10.9. The monoisotopic (exact) mass is 646 g/mol. The van der Waals surface area contributed by atoms with Crippen LogP contribution in [0.15, 0.2) is 66.7 Å². The minimum Gasteiger partial charge on any atom is -0.352 e. The number of aryl methyl sites for hydroxylation is 2. The van der Waals surface area contributed by atoms with E-state index in [1.807, 2.05) is 63.2 Å². The number of carbonyl (C=O) groups is 2. The first-order chi connectivity index (χ1) is 20.2. The Kier molecular flexibility index (Phi) is 12.0. The van der Waals surface area contributed by atoms with Crippen LogP contribution < -0.4 is 9.62 Å². The first-order valence-electron chi connectivity index (χ1n) is 14.1. The van der Waals surface area contributed by atoms with Gasteiger partial charge in [-0.1, -0.05) is 78.7 Å². The zero-order valence-corrected chi connectivity index (χ0v) is 27.8. The first-order valence-corrected chi connectivity index (χ1v) is 16.2. The average molecular weight is 648 g/mol. The van der Waals surface area contributed by atoms with E-state index in [-0.39, 0.29) is 24.9 Å². The van der Waals surface area contributed by atoms with Gasteiger partial charge in [0.05, 0.1) is 5.69 Å². The lowest BCUT2D eigenvalue weighted by atomic mass is 10.0. The van der Waals surface area contributed by atoms with Crippen molar-refractivity contribution in [2.24, 2.45) is 0 Å². The highest BCUT2D eigenvalue weighted by molar-refractivity contribution is 7.90. The van der Waals surface area contributed by atoms with Gasteiger partial charge in [-0.25, -0.2) is 4.31 Å². The smallest absolute Gasteiger partial charge is 0.304 e. The third kappa shape index (κ3) is 8.95. The summed E-state index contributed by atoms with van der Waals surface area (Å²) in [6.45, 7) is 6.93. The number of anilines is 1. The predicted molar refractivity (Wildman–Crippen MR) is 175 cm³/mol. The Morgan fingerprint density at radius 3 is 2.23 bits per heavy atom. The fourth-order valence-corrected chi connectivity index (χ4v) is 6.10. The standard InChI is InChI=1S/C32H40Cl2N4O4S/c1-7-24(4)35-32(40)30(18-25-11-9-8-10-12-25)37(20-26-15-16-27(33)19-28(26)34)31(39)21-38(43(41,42)36(5)6)29-17-22(2)13-14-23(29)3/h8-17,19,24,30H,7,18,20-21H2,1-6H3,(H,35,40)/t24-,30-/m0/s1. The van der Waals surface area contributed by atoms with E-state index < -0.39 is 28.7 Å². The third-order valence-electron chi connectivity index (χ3n) is 7.28. The summed E-state index contributed by atoms with van der Waals surface area (Å²) in [5, 5.41) is 3.78. The van der Waals surface area contributed by atoms with Crippen LogP contribution in [0.3, 0.4) is 0 Å². The summed E-state index contributed by atoms with van der Waals surface area (Å²) in [4.78, 5) is 29.7. The highest BCUT2D eigenvalue weighted by Crippen LogP contribution is 2.28. The summed E-state index contributed by atoms with van der Waals surface area (Å²) in [6.07, 6.45) is 0.909. The molecule has 0 heterocycles. The topological polar surface area (TPSA) is 90.0 Å². The maximum Gasteiger partial charge on any atom is 0.304 e. The average Bonchev–Trinajstić information content (AvgIpc) is 2.96. The van der Waals surface area contributed by atoms with Gasteiger partial charge in [0.25, 0.3) is 0 Å². The molecule has 0 aromatic heterocycles. The van der Waals surface area contributed by atoms with Crippen LogP contribution in [-0.2, 0) is 32.8 Å². The molecule has 3 aromatic rings. The summed E-state index contributed by atoms with van der Waals surface area (Å²) in [5.74, 6) is -0.900. The zero-order valence-electron chi connectivity index (χ0n) is 25.5. The molecule has 0 radical (unpaired) electrons. The van der Waals surface area contributed by atoms with Gasteiger partial charge in [0.1, 0.15) is 12.6 Å². The van der Waals surface area contributed by atoms with Gasteiger partial charge in [-0.3, -0.25) is 9.59 Å². The molecule has 1 N–H and O–H groups in total. The molecule has 43 heavy (non-hydrogen) atoms. The molecule has 0 aliphatic carbocycles. The van der Waals surface area contributed by atoms with Crippen molar-refractivity contribution >= 4 is 50.9 Å². The van der Waals surface area contributed by atoms with E-state index in [1.165, 1.54) is 19.0 Å². The largest absolute Gasteiger partial charge is 0.352 e. The van der Waals surface area contributed by atoms with Crippen molar-refractivity contribution in [1.29, 1.82) is 0 Å². The number of amides is 2. The van der Waals surface area contributed by atoms with Crippen LogP contribution >= 0.6 is 23.2 Å².